The lowest BCUT2D eigenvalue weighted by Gasteiger charge is -2.10. The molecule has 1 N–H and O–H groups in total. The Labute approximate surface area is 131 Å². The van der Waals surface area contributed by atoms with Crippen molar-refractivity contribution in [2.24, 2.45) is 0 Å². The van der Waals surface area contributed by atoms with Crippen molar-refractivity contribution in [3.05, 3.63) is 30.5 Å². The van der Waals surface area contributed by atoms with Gasteiger partial charge in [0.2, 0.25) is 15.9 Å². The topological polar surface area (TPSA) is 94.1 Å². The monoisotopic (exact) mass is 336 g/mol. The van der Waals surface area contributed by atoms with E-state index in [9.17, 15) is 8.42 Å². The maximum atomic E-state index is 11.4. The zero-order valence-electron chi connectivity index (χ0n) is 11.8. The van der Waals surface area contributed by atoms with E-state index >= 15 is 0 Å². The van der Waals surface area contributed by atoms with E-state index in [4.69, 9.17) is 4.74 Å². The van der Waals surface area contributed by atoms with E-state index in [1.807, 2.05) is 18.2 Å². The predicted molar refractivity (Wildman–Crippen MR) is 85.7 cm³/mol. The maximum absolute atomic E-state index is 11.4. The molecule has 0 aliphatic rings. The van der Waals surface area contributed by atoms with Crippen LogP contribution in [0.5, 0.6) is 5.88 Å². The first-order valence-electron chi connectivity index (χ1n) is 6.21. The molecular weight excluding hydrogens is 324 g/mol. The lowest BCUT2D eigenvalue weighted by molar-refractivity contribution is 0.400. The Kier molecular flexibility index (Phi) is 3.67. The van der Waals surface area contributed by atoms with E-state index in [0.29, 0.717) is 5.69 Å². The van der Waals surface area contributed by atoms with Gasteiger partial charge in [-0.15, -0.1) is 0 Å². The molecule has 0 bridgehead atoms. The Morgan fingerprint density at radius 2 is 1.91 bits per heavy atom. The summed E-state index contributed by atoms with van der Waals surface area (Å²) in [5, 5.41) is 0. The molecule has 1 aromatic carbocycles. The van der Waals surface area contributed by atoms with Crippen LogP contribution in [0.2, 0.25) is 0 Å². The molecule has 3 rings (SSSR count). The SMILES string of the molecule is COc1ncc(-c2ccc3nsnc3c2)cc1NS(C)(=O)=O. The molecule has 0 spiro atoms. The Hall–Kier alpha value is -2.26. The number of hydrogen-bond acceptors (Lipinski definition) is 7. The van der Waals surface area contributed by atoms with Gasteiger partial charge < -0.3 is 4.74 Å². The summed E-state index contributed by atoms with van der Waals surface area (Å²) in [5.41, 5.74) is 3.52. The number of aromatic nitrogens is 3. The minimum atomic E-state index is -3.43. The van der Waals surface area contributed by atoms with E-state index in [1.54, 1.807) is 12.3 Å². The van der Waals surface area contributed by atoms with Gasteiger partial charge in [0.15, 0.2) is 0 Å². The van der Waals surface area contributed by atoms with Crippen molar-refractivity contribution >= 4 is 38.5 Å². The molecule has 0 atom stereocenters. The molecule has 9 heteroatoms. The predicted octanol–water partition coefficient (Wildman–Crippen LogP) is 2.13. The number of nitrogens with zero attached hydrogens (tertiary/aromatic N) is 3. The number of hydrogen-bond donors (Lipinski definition) is 1. The van der Waals surface area contributed by atoms with E-state index in [2.05, 4.69) is 18.5 Å². The van der Waals surface area contributed by atoms with E-state index in [1.165, 1.54) is 7.11 Å². The second-order valence-corrected chi connectivity index (χ2v) is 6.90. The molecule has 22 heavy (non-hydrogen) atoms. The van der Waals surface area contributed by atoms with Crippen molar-refractivity contribution in [1.82, 2.24) is 13.7 Å². The van der Waals surface area contributed by atoms with Gasteiger partial charge in [0.05, 0.1) is 25.1 Å². The number of benzene rings is 1. The summed E-state index contributed by atoms with van der Waals surface area (Å²) in [6.45, 7) is 0. The normalized spacial score (nSPS) is 11.5. The summed E-state index contributed by atoms with van der Waals surface area (Å²) in [6.07, 6.45) is 2.69. The lowest BCUT2D eigenvalue weighted by Crippen LogP contribution is -2.11. The van der Waals surface area contributed by atoms with E-state index < -0.39 is 10.0 Å². The van der Waals surface area contributed by atoms with Crippen LogP contribution >= 0.6 is 11.7 Å². The second-order valence-electron chi connectivity index (χ2n) is 4.62. The molecule has 0 radical (unpaired) electrons. The molecule has 0 unspecified atom stereocenters. The molecule has 7 nitrogen and oxygen atoms in total. The number of methoxy groups -OCH3 is 1. The molecule has 114 valence electrons. The molecule has 3 aromatic rings. The maximum Gasteiger partial charge on any atom is 0.238 e. The summed E-state index contributed by atoms with van der Waals surface area (Å²) in [6, 6.07) is 7.31. The number of pyridine rings is 1. The molecule has 0 aliphatic carbocycles. The summed E-state index contributed by atoms with van der Waals surface area (Å²) >= 11 is 1.15. The summed E-state index contributed by atoms with van der Waals surface area (Å²) in [7, 11) is -1.99. The Balaban J connectivity index is 2.08. The van der Waals surface area contributed by atoms with Crippen LogP contribution in [-0.2, 0) is 10.0 Å². The van der Waals surface area contributed by atoms with Gasteiger partial charge in [-0.05, 0) is 23.8 Å². The third-order valence-corrected chi connectivity index (χ3v) is 4.07. The van der Waals surface area contributed by atoms with Gasteiger partial charge >= 0.3 is 0 Å². The van der Waals surface area contributed by atoms with Crippen LogP contribution in [0.25, 0.3) is 22.2 Å². The second kappa shape index (κ2) is 5.50. The lowest BCUT2D eigenvalue weighted by atomic mass is 10.1. The number of fused-ring (bicyclic) bond motifs is 1. The van der Waals surface area contributed by atoms with Crippen molar-refractivity contribution < 1.29 is 13.2 Å². The first kappa shape index (κ1) is 14.7. The average Bonchev–Trinajstić information content (AvgIpc) is 2.92. The minimum absolute atomic E-state index is 0.213. The third-order valence-electron chi connectivity index (χ3n) is 2.93. The number of anilines is 1. The zero-order valence-corrected chi connectivity index (χ0v) is 13.4. The van der Waals surface area contributed by atoms with Crippen molar-refractivity contribution in [1.29, 1.82) is 0 Å². The molecule has 2 aromatic heterocycles. The van der Waals surface area contributed by atoms with E-state index in [0.717, 1.165) is 40.1 Å². The quantitative estimate of drug-likeness (QED) is 0.784. The summed E-state index contributed by atoms with van der Waals surface area (Å²) in [4.78, 5) is 4.14. The van der Waals surface area contributed by atoms with Crippen LogP contribution in [0, 0.1) is 0 Å². The summed E-state index contributed by atoms with van der Waals surface area (Å²) in [5.74, 6) is 0.213. The molecule has 0 amide bonds. The van der Waals surface area contributed by atoms with E-state index in [-0.39, 0.29) is 5.88 Å². The van der Waals surface area contributed by atoms with Crippen molar-refractivity contribution in [3.8, 4) is 17.0 Å². The average molecular weight is 336 g/mol. The molecule has 0 saturated heterocycles. The fourth-order valence-corrected chi connectivity index (χ4v) is 3.07. The van der Waals surface area contributed by atoms with Crippen LogP contribution in [0.4, 0.5) is 5.69 Å². The number of sulfonamides is 1. The summed E-state index contributed by atoms with van der Waals surface area (Å²) < 4.78 is 38.7. The highest BCUT2D eigenvalue weighted by Gasteiger charge is 2.12. The van der Waals surface area contributed by atoms with Gasteiger partial charge in [0.1, 0.15) is 16.7 Å². The fraction of sp³-hybridized carbons (Fsp3) is 0.154. The first-order chi connectivity index (χ1) is 10.5. The van der Waals surface area contributed by atoms with Crippen LogP contribution in [0.15, 0.2) is 30.5 Å². The van der Waals surface area contributed by atoms with Crippen molar-refractivity contribution in [3.63, 3.8) is 0 Å². The van der Waals surface area contributed by atoms with Crippen molar-refractivity contribution in [2.45, 2.75) is 0 Å². The smallest absolute Gasteiger partial charge is 0.238 e. The van der Waals surface area contributed by atoms with Gasteiger partial charge in [-0.1, -0.05) is 6.07 Å². The van der Waals surface area contributed by atoms with Crippen LogP contribution in [0.1, 0.15) is 0 Å². The first-order valence-corrected chi connectivity index (χ1v) is 8.83. The highest BCUT2D eigenvalue weighted by molar-refractivity contribution is 7.92. The van der Waals surface area contributed by atoms with Crippen LogP contribution in [0.3, 0.4) is 0 Å². The Morgan fingerprint density at radius 3 is 2.64 bits per heavy atom. The Bertz CT molecular complexity index is 937. The van der Waals surface area contributed by atoms with Crippen molar-refractivity contribution in [2.75, 3.05) is 18.1 Å². The fourth-order valence-electron chi connectivity index (χ4n) is 2.01. The zero-order chi connectivity index (χ0) is 15.7. The largest absolute Gasteiger partial charge is 0.480 e. The number of nitrogens with one attached hydrogen (secondary N) is 1. The third kappa shape index (κ3) is 3.00. The molecular formula is C13H12N4O3S2. The van der Waals surface area contributed by atoms with Gasteiger partial charge in [-0.2, -0.15) is 8.75 Å². The molecule has 0 fully saturated rings. The standard InChI is InChI=1S/C13H12N4O3S2/c1-20-13-12(17-22(2,18)19)6-9(7-14-13)8-3-4-10-11(5-8)16-21-15-10/h3-7,17H,1-2H3. The van der Waals surface area contributed by atoms with Gasteiger partial charge in [0.25, 0.3) is 0 Å². The van der Waals surface area contributed by atoms with Crippen LogP contribution in [-0.4, -0.2) is 35.5 Å². The van der Waals surface area contributed by atoms with Gasteiger partial charge in [0, 0.05) is 11.8 Å². The highest BCUT2D eigenvalue weighted by Crippen LogP contribution is 2.30. The number of ether oxygens (including phenoxy) is 1. The van der Waals surface area contributed by atoms with Gasteiger partial charge in [-0.3, -0.25) is 4.72 Å². The van der Waals surface area contributed by atoms with Crippen LogP contribution < -0.4 is 9.46 Å². The molecule has 0 saturated carbocycles. The molecule has 0 aliphatic heterocycles. The minimum Gasteiger partial charge on any atom is -0.480 e. The number of rotatable bonds is 4. The van der Waals surface area contributed by atoms with Gasteiger partial charge in [-0.25, -0.2) is 13.4 Å². The Morgan fingerprint density at radius 1 is 1.14 bits per heavy atom. The molecule has 2 heterocycles. The highest BCUT2D eigenvalue weighted by atomic mass is 32.2.